The molecule has 0 saturated carbocycles. The number of halogens is 2. The second-order valence-corrected chi connectivity index (χ2v) is 7.89. The topological polar surface area (TPSA) is 79.5 Å². The van der Waals surface area contributed by atoms with Gasteiger partial charge in [0.25, 0.3) is 5.91 Å². The first-order valence-electron chi connectivity index (χ1n) is 9.90. The van der Waals surface area contributed by atoms with Crippen LogP contribution in [0.1, 0.15) is 28.9 Å². The summed E-state index contributed by atoms with van der Waals surface area (Å²) in [7, 11) is 1.54. The standard InChI is InChI=1S/C24H23Cl2N3O3/c1-15(19-12-9-17(25)13-20(19)26)27-14-23(30)28-18-10-7-16(8-11-18)24(31)29-21-5-3-4-6-22(21)32-2/h3-13,15,27H,14H2,1-2H3,(H,28,30)(H,29,31). The van der Waals surface area contributed by atoms with Gasteiger partial charge in [-0.25, -0.2) is 0 Å². The average Bonchev–Trinajstić information content (AvgIpc) is 2.78. The van der Waals surface area contributed by atoms with E-state index < -0.39 is 0 Å². The Hall–Kier alpha value is -3.06. The molecule has 0 saturated heterocycles. The van der Waals surface area contributed by atoms with E-state index in [4.69, 9.17) is 27.9 Å². The molecule has 1 unspecified atom stereocenters. The molecular formula is C24H23Cl2N3O3. The van der Waals surface area contributed by atoms with Gasteiger partial charge in [-0.15, -0.1) is 0 Å². The van der Waals surface area contributed by atoms with Crippen LogP contribution in [-0.2, 0) is 4.79 Å². The zero-order chi connectivity index (χ0) is 23.1. The molecule has 2 amide bonds. The molecule has 0 bridgehead atoms. The summed E-state index contributed by atoms with van der Waals surface area (Å²) in [5.74, 6) is 0.0854. The molecule has 3 N–H and O–H groups in total. The number of nitrogens with one attached hydrogen (secondary N) is 3. The molecule has 0 fully saturated rings. The minimum Gasteiger partial charge on any atom is -0.495 e. The number of methoxy groups -OCH3 is 1. The lowest BCUT2D eigenvalue weighted by Gasteiger charge is -2.16. The van der Waals surface area contributed by atoms with Crippen molar-refractivity contribution in [1.29, 1.82) is 0 Å². The van der Waals surface area contributed by atoms with Gasteiger partial charge in [-0.2, -0.15) is 0 Å². The van der Waals surface area contributed by atoms with Gasteiger partial charge in [-0.1, -0.05) is 41.4 Å². The second kappa shape index (κ2) is 11.0. The van der Waals surface area contributed by atoms with E-state index in [0.29, 0.717) is 32.7 Å². The number of rotatable bonds is 8. The molecule has 0 spiro atoms. The Morgan fingerprint density at radius 2 is 1.69 bits per heavy atom. The number of hydrogen-bond acceptors (Lipinski definition) is 4. The number of amides is 2. The molecule has 0 radical (unpaired) electrons. The highest BCUT2D eigenvalue weighted by atomic mass is 35.5. The quantitative estimate of drug-likeness (QED) is 0.402. The maximum atomic E-state index is 12.5. The third-order valence-electron chi connectivity index (χ3n) is 4.78. The van der Waals surface area contributed by atoms with Crippen molar-refractivity contribution in [2.45, 2.75) is 13.0 Å². The summed E-state index contributed by atoms with van der Waals surface area (Å²) >= 11 is 12.1. The molecule has 0 aromatic heterocycles. The van der Waals surface area contributed by atoms with Crippen molar-refractivity contribution in [2.75, 3.05) is 24.3 Å². The van der Waals surface area contributed by atoms with Gasteiger partial charge in [0.15, 0.2) is 0 Å². The van der Waals surface area contributed by atoms with Gasteiger partial charge in [0, 0.05) is 27.3 Å². The van der Waals surface area contributed by atoms with E-state index in [1.165, 1.54) is 0 Å². The molecular weight excluding hydrogens is 449 g/mol. The van der Waals surface area contributed by atoms with Gasteiger partial charge >= 0.3 is 0 Å². The molecule has 8 heteroatoms. The Labute approximate surface area is 196 Å². The van der Waals surface area contributed by atoms with Crippen LogP contribution in [0.5, 0.6) is 5.75 Å². The summed E-state index contributed by atoms with van der Waals surface area (Å²) in [6, 6.07) is 18.9. The Morgan fingerprint density at radius 3 is 2.38 bits per heavy atom. The van der Waals surface area contributed by atoms with Crippen LogP contribution in [0.2, 0.25) is 10.0 Å². The van der Waals surface area contributed by atoms with Crippen LogP contribution < -0.4 is 20.7 Å². The number of carbonyl (C=O) groups is 2. The van der Waals surface area contributed by atoms with E-state index in [0.717, 1.165) is 5.56 Å². The Bertz CT molecular complexity index is 1100. The van der Waals surface area contributed by atoms with Crippen LogP contribution in [0.25, 0.3) is 0 Å². The first kappa shape index (κ1) is 23.6. The van der Waals surface area contributed by atoms with Crippen molar-refractivity contribution in [3.8, 4) is 5.75 Å². The maximum absolute atomic E-state index is 12.5. The first-order chi connectivity index (χ1) is 15.4. The lowest BCUT2D eigenvalue weighted by Crippen LogP contribution is -2.30. The van der Waals surface area contributed by atoms with E-state index >= 15 is 0 Å². The third-order valence-corrected chi connectivity index (χ3v) is 5.35. The Kier molecular flexibility index (Phi) is 8.11. The number of hydrogen-bond donors (Lipinski definition) is 3. The van der Waals surface area contributed by atoms with Gasteiger partial charge < -0.3 is 20.7 Å². The fourth-order valence-electron chi connectivity index (χ4n) is 3.06. The summed E-state index contributed by atoms with van der Waals surface area (Å²) in [6.45, 7) is 2.01. The van der Waals surface area contributed by atoms with E-state index in [1.54, 1.807) is 55.6 Å². The van der Waals surface area contributed by atoms with Crippen LogP contribution in [-0.4, -0.2) is 25.5 Å². The highest BCUT2D eigenvalue weighted by Crippen LogP contribution is 2.26. The van der Waals surface area contributed by atoms with Crippen LogP contribution in [0.3, 0.4) is 0 Å². The minimum absolute atomic E-state index is 0.0934. The number of anilines is 2. The monoisotopic (exact) mass is 471 g/mol. The largest absolute Gasteiger partial charge is 0.495 e. The van der Waals surface area contributed by atoms with E-state index in [9.17, 15) is 9.59 Å². The summed E-state index contributed by atoms with van der Waals surface area (Å²) < 4.78 is 5.24. The van der Waals surface area contributed by atoms with Crippen molar-refractivity contribution < 1.29 is 14.3 Å². The van der Waals surface area contributed by atoms with Crippen LogP contribution in [0.15, 0.2) is 66.7 Å². The summed E-state index contributed by atoms with van der Waals surface area (Å²) in [5.41, 5.74) is 2.48. The molecule has 0 aliphatic rings. The summed E-state index contributed by atoms with van der Waals surface area (Å²) in [6.07, 6.45) is 0. The van der Waals surface area contributed by atoms with Gasteiger partial charge in [0.2, 0.25) is 5.91 Å². The van der Waals surface area contributed by atoms with Gasteiger partial charge in [-0.05, 0) is 61.0 Å². The number of benzene rings is 3. The smallest absolute Gasteiger partial charge is 0.255 e. The molecule has 1 atom stereocenters. The van der Waals surface area contributed by atoms with Crippen molar-refractivity contribution >= 4 is 46.4 Å². The molecule has 6 nitrogen and oxygen atoms in total. The molecule has 166 valence electrons. The van der Waals surface area contributed by atoms with Gasteiger partial charge in [-0.3, -0.25) is 9.59 Å². The van der Waals surface area contributed by atoms with E-state index in [1.807, 2.05) is 25.1 Å². The molecule has 32 heavy (non-hydrogen) atoms. The van der Waals surface area contributed by atoms with Crippen LogP contribution in [0.4, 0.5) is 11.4 Å². The van der Waals surface area contributed by atoms with E-state index in [2.05, 4.69) is 16.0 Å². The van der Waals surface area contributed by atoms with Crippen LogP contribution >= 0.6 is 23.2 Å². The predicted octanol–water partition coefficient (Wildman–Crippen LogP) is 5.54. The highest BCUT2D eigenvalue weighted by Gasteiger charge is 2.13. The zero-order valence-corrected chi connectivity index (χ0v) is 19.1. The molecule has 0 aliphatic heterocycles. The number of ether oxygens (including phenoxy) is 1. The third kappa shape index (κ3) is 6.23. The maximum Gasteiger partial charge on any atom is 0.255 e. The zero-order valence-electron chi connectivity index (χ0n) is 17.6. The Balaban J connectivity index is 1.53. The molecule has 3 aromatic rings. The van der Waals surface area contributed by atoms with Crippen molar-refractivity contribution in [3.63, 3.8) is 0 Å². The molecule has 0 heterocycles. The average molecular weight is 472 g/mol. The molecule has 3 aromatic carbocycles. The van der Waals surface area contributed by atoms with Gasteiger partial charge in [0.1, 0.15) is 5.75 Å². The fourth-order valence-corrected chi connectivity index (χ4v) is 3.63. The normalized spacial score (nSPS) is 11.5. The summed E-state index contributed by atoms with van der Waals surface area (Å²) in [5, 5.41) is 9.85. The summed E-state index contributed by atoms with van der Waals surface area (Å²) in [4.78, 5) is 24.8. The lowest BCUT2D eigenvalue weighted by molar-refractivity contribution is -0.115. The number of carbonyl (C=O) groups excluding carboxylic acids is 2. The molecule has 0 aliphatic carbocycles. The second-order valence-electron chi connectivity index (χ2n) is 7.05. The lowest BCUT2D eigenvalue weighted by atomic mass is 10.1. The fraction of sp³-hybridized carbons (Fsp3) is 0.167. The number of para-hydroxylation sites is 2. The van der Waals surface area contributed by atoms with E-state index in [-0.39, 0.29) is 24.4 Å². The molecule has 3 rings (SSSR count). The Morgan fingerprint density at radius 1 is 0.969 bits per heavy atom. The van der Waals surface area contributed by atoms with Crippen molar-refractivity contribution in [3.05, 3.63) is 87.9 Å². The van der Waals surface area contributed by atoms with Crippen molar-refractivity contribution in [2.24, 2.45) is 0 Å². The highest BCUT2D eigenvalue weighted by molar-refractivity contribution is 6.35. The first-order valence-corrected chi connectivity index (χ1v) is 10.7. The minimum atomic E-state index is -0.275. The SMILES string of the molecule is COc1ccccc1NC(=O)c1ccc(NC(=O)CNC(C)c2ccc(Cl)cc2Cl)cc1. The van der Waals surface area contributed by atoms with Crippen LogP contribution in [0, 0.1) is 0 Å². The van der Waals surface area contributed by atoms with Crippen molar-refractivity contribution in [1.82, 2.24) is 5.32 Å². The van der Waals surface area contributed by atoms with Gasteiger partial charge in [0.05, 0.1) is 19.3 Å². The predicted molar refractivity (Wildman–Crippen MR) is 129 cm³/mol.